The molecule has 32 heavy (non-hydrogen) atoms. The number of amides is 1. The number of fused-ring (bicyclic) bond motifs is 1. The molecule has 0 bridgehead atoms. The molecule has 1 amide bonds. The predicted molar refractivity (Wildman–Crippen MR) is 119 cm³/mol. The first kappa shape index (κ1) is 21.4. The summed E-state index contributed by atoms with van der Waals surface area (Å²) in [5, 5.41) is 11.7. The number of nitrogens with zero attached hydrogens (tertiary/aromatic N) is 3. The van der Waals surface area contributed by atoms with Gasteiger partial charge in [-0.2, -0.15) is 0 Å². The van der Waals surface area contributed by atoms with Crippen LogP contribution in [0, 0.1) is 10.1 Å². The lowest BCUT2D eigenvalue weighted by molar-refractivity contribution is -0.384. The summed E-state index contributed by atoms with van der Waals surface area (Å²) in [6.07, 6.45) is 0.715. The lowest BCUT2D eigenvalue weighted by atomic mass is 10.1. The van der Waals surface area contributed by atoms with Crippen LogP contribution in [0.2, 0.25) is 0 Å². The zero-order valence-corrected chi connectivity index (χ0v) is 17.7. The second kappa shape index (κ2) is 9.09. The molecule has 2 heterocycles. The Morgan fingerprint density at radius 2 is 1.81 bits per heavy atom. The molecule has 2 aromatic carbocycles. The molecular formula is C23H23N3O6. The molecule has 1 aromatic heterocycles. The number of aryl methyl sites for hydroxylation is 1. The number of piperazine rings is 1. The molecule has 0 radical (unpaired) electrons. The molecule has 1 aliphatic rings. The van der Waals surface area contributed by atoms with Gasteiger partial charge in [0.25, 0.3) is 11.6 Å². The summed E-state index contributed by atoms with van der Waals surface area (Å²) in [5.41, 5.74) is 1.89. The Morgan fingerprint density at radius 3 is 2.47 bits per heavy atom. The Morgan fingerprint density at radius 1 is 1.09 bits per heavy atom. The van der Waals surface area contributed by atoms with E-state index < -0.39 is 10.5 Å². The molecule has 0 saturated carbocycles. The minimum atomic E-state index is -0.424. The first-order valence-corrected chi connectivity index (χ1v) is 10.4. The Bertz CT molecular complexity index is 1200. The smallest absolute Gasteiger partial charge is 0.336 e. The largest absolute Gasteiger partial charge is 0.484 e. The van der Waals surface area contributed by atoms with Crippen LogP contribution in [0.1, 0.15) is 12.5 Å². The van der Waals surface area contributed by atoms with Gasteiger partial charge in [0.1, 0.15) is 11.3 Å². The third kappa shape index (κ3) is 4.56. The number of anilines is 1. The van der Waals surface area contributed by atoms with Crippen LogP contribution in [0.4, 0.5) is 11.4 Å². The van der Waals surface area contributed by atoms with E-state index in [-0.39, 0.29) is 18.2 Å². The average molecular weight is 437 g/mol. The van der Waals surface area contributed by atoms with Gasteiger partial charge < -0.3 is 19.0 Å². The number of carbonyl (C=O) groups excluding carboxylic acids is 1. The number of nitro benzene ring substituents is 1. The molecule has 166 valence electrons. The van der Waals surface area contributed by atoms with E-state index in [9.17, 15) is 19.7 Å². The fourth-order valence-electron chi connectivity index (χ4n) is 3.83. The maximum atomic E-state index is 12.6. The summed E-state index contributed by atoms with van der Waals surface area (Å²) >= 11 is 0. The van der Waals surface area contributed by atoms with Gasteiger partial charge in [-0.1, -0.05) is 6.92 Å². The van der Waals surface area contributed by atoms with Crippen molar-refractivity contribution in [2.24, 2.45) is 0 Å². The van der Waals surface area contributed by atoms with Crippen LogP contribution in [-0.4, -0.2) is 48.5 Å². The van der Waals surface area contributed by atoms with Crippen LogP contribution < -0.4 is 15.3 Å². The highest BCUT2D eigenvalue weighted by Gasteiger charge is 2.22. The number of nitro groups is 1. The normalized spacial score (nSPS) is 13.9. The van der Waals surface area contributed by atoms with Gasteiger partial charge in [0, 0.05) is 61.5 Å². The minimum Gasteiger partial charge on any atom is -0.484 e. The van der Waals surface area contributed by atoms with Gasteiger partial charge in [0.2, 0.25) is 0 Å². The van der Waals surface area contributed by atoms with Crippen LogP contribution in [-0.2, 0) is 11.2 Å². The van der Waals surface area contributed by atoms with Crippen LogP contribution >= 0.6 is 0 Å². The van der Waals surface area contributed by atoms with Crippen molar-refractivity contribution in [1.29, 1.82) is 0 Å². The molecular weight excluding hydrogens is 414 g/mol. The number of carbonyl (C=O) groups is 1. The van der Waals surface area contributed by atoms with E-state index >= 15 is 0 Å². The van der Waals surface area contributed by atoms with E-state index in [2.05, 4.69) is 4.90 Å². The average Bonchev–Trinajstić information content (AvgIpc) is 2.81. The number of non-ortho nitro benzene ring substituents is 1. The predicted octanol–water partition coefficient (Wildman–Crippen LogP) is 2.99. The van der Waals surface area contributed by atoms with Crippen molar-refractivity contribution in [3.05, 3.63) is 74.6 Å². The molecule has 0 N–H and O–H groups in total. The van der Waals surface area contributed by atoms with E-state index in [4.69, 9.17) is 9.15 Å². The molecule has 0 spiro atoms. The van der Waals surface area contributed by atoms with Crippen molar-refractivity contribution < 1.29 is 18.9 Å². The third-order valence-corrected chi connectivity index (χ3v) is 5.60. The van der Waals surface area contributed by atoms with Crippen molar-refractivity contribution in [3.63, 3.8) is 0 Å². The summed E-state index contributed by atoms with van der Waals surface area (Å²) in [4.78, 5) is 38.5. The molecule has 1 fully saturated rings. The first-order chi connectivity index (χ1) is 15.4. The highest BCUT2D eigenvalue weighted by atomic mass is 16.6. The number of rotatable bonds is 6. The molecule has 1 saturated heterocycles. The SMILES string of the molecule is CCc1cc(=O)oc2cc(OCC(=O)N3CCN(c4ccc([N+](=O)[O-])cc4)CC3)ccc12. The van der Waals surface area contributed by atoms with Gasteiger partial charge in [0.15, 0.2) is 6.61 Å². The molecule has 0 unspecified atom stereocenters. The van der Waals surface area contributed by atoms with Gasteiger partial charge in [-0.05, 0) is 36.2 Å². The summed E-state index contributed by atoms with van der Waals surface area (Å²) < 4.78 is 10.9. The van der Waals surface area contributed by atoms with Crippen LogP contribution in [0.15, 0.2) is 57.7 Å². The topological polar surface area (TPSA) is 106 Å². The molecule has 0 atom stereocenters. The Kier molecular flexibility index (Phi) is 6.07. The van der Waals surface area contributed by atoms with Gasteiger partial charge in [-0.3, -0.25) is 14.9 Å². The zero-order valence-electron chi connectivity index (χ0n) is 17.7. The highest BCUT2D eigenvalue weighted by Crippen LogP contribution is 2.24. The second-order valence-electron chi connectivity index (χ2n) is 7.53. The molecule has 3 aromatic rings. The quantitative estimate of drug-likeness (QED) is 0.331. The number of hydrogen-bond donors (Lipinski definition) is 0. The first-order valence-electron chi connectivity index (χ1n) is 10.4. The van der Waals surface area contributed by atoms with Gasteiger partial charge in [0.05, 0.1) is 4.92 Å². The minimum absolute atomic E-state index is 0.0543. The molecule has 0 aliphatic carbocycles. The Labute approximate surface area is 183 Å². The third-order valence-electron chi connectivity index (χ3n) is 5.60. The van der Waals surface area contributed by atoms with E-state index in [1.54, 1.807) is 29.2 Å². The molecule has 9 heteroatoms. The lowest BCUT2D eigenvalue weighted by Crippen LogP contribution is -2.50. The van der Waals surface area contributed by atoms with Gasteiger partial charge >= 0.3 is 5.63 Å². The van der Waals surface area contributed by atoms with Crippen molar-refractivity contribution in [2.75, 3.05) is 37.7 Å². The van der Waals surface area contributed by atoms with E-state index in [0.717, 1.165) is 16.6 Å². The van der Waals surface area contributed by atoms with Crippen molar-refractivity contribution in [2.45, 2.75) is 13.3 Å². The number of benzene rings is 2. The lowest BCUT2D eigenvalue weighted by Gasteiger charge is -2.36. The maximum absolute atomic E-state index is 12.6. The number of ether oxygens (including phenoxy) is 1. The highest BCUT2D eigenvalue weighted by molar-refractivity contribution is 5.82. The fraction of sp³-hybridized carbons (Fsp3) is 0.304. The van der Waals surface area contributed by atoms with E-state index in [1.165, 1.54) is 18.2 Å². The Balaban J connectivity index is 1.33. The maximum Gasteiger partial charge on any atom is 0.336 e. The van der Waals surface area contributed by atoms with Crippen molar-refractivity contribution in [3.8, 4) is 5.75 Å². The molecule has 9 nitrogen and oxygen atoms in total. The summed E-state index contributed by atoms with van der Waals surface area (Å²) in [6, 6.07) is 13.1. The second-order valence-corrected chi connectivity index (χ2v) is 7.53. The fourth-order valence-corrected chi connectivity index (χ4v) is 3.83. The summed E-state index contributed by atoms with van der Waals surface area (Å²) in [7, 11) is 0. The van der Waals surface area contributed by atoms with Crippen molar-refractivity contribution in [1.82, 2.24) is 4.90 Å². The zero-order chi connectivity index (χ0) is 22.7. The summed E-state index contributed by atoms with van der Waals surface area (Å²) in [6.45, 7) is 4.19. The van der Waals surface area contributed by atoms with Gasteiger partial charge in [-0.25, -0.2) is 4.79 Å². The van der Waals surface area contributed by atoms with Crippen molar-refractivity contribution >= 4 is 28.3 Å². The van der Waals surface area contributed by atoms with Crippen LogP contribution in [0.5, 0.6) is 5.75 Å². The summed E-state index contributed by atoms with van der Waals surface area (Å²) in [5.74, 6) is 0.337. The van der Waals surface area contributed by atoms with Crippen LogP contribution in [0.3, 0.4) is 0 Å². The van der Waals surface area contributed by atoms with Gasteiger partial charge in [-0.15, -0.1) is 0 Å². The molecule has 1 aliphatic heterocycles. The standard InChI is InChI=1S/C23H23N3O6/c1-2-16-13-23(28)32-21-14-19(7-8-20(16)21)31-15-22(27)25-11-9-24(10-12-25)17-3-5-18(6-4-17)26(29)30/h3-8,13-14H,2,9-12,15H2,1H3. The number of hydrogen-bond acceptors (Lipinski definition) is 7. The van der Waals surface area contributed by atoms with E-state index in [1.807, 2.05) is 13.0 Å². The van der Waals surface area contributed by atoms with Crippen LogP contribution in [0.25, 0.3) is 11.0 Å². The Hall–Kier alpha value is -3.88. The monoisotopic (exact) mass is 437 g/mol. The van der Waals surface area contributed by atoms with E-state index in [0.29, 0.717) is 43.9 Å². The molecule has 4 rings (SSSR count).